The molecule has 4 aromatic rings. The van der Waals surface area contributed by atoms with Crippen LogP contribution in [0.5, 0.6) is 5.75 Å². The molecule has 0 amide bonds. The van der Waals surface area contributed by atoms with Crippen molar-refractivity contribution in [2.45, 2.75) is 26.3 Å². The van der Waals surface area contributed by atoms with Gasteiger partial charge >= 0.3 is 0 Å². The predicted molar refractivity (Wildman–Crippen MR) is 117 cm³/mol. The van der Waals surface area contributed by atoms with Crippen molar-refractivity contribution in [3.63, 3.8) is 0 Å². The van der Waals surface area contributed by atoms with E-state index in [9.17, 15) is 0 Å². The number of aromatic nitrogens is 5. The molecule has 3 aromatic heterocycles. The molecule has 1 aliphatic rings. The second-order valence-corrected chi connectivity index (χ2v) is 7.87. The normalized spacial score (nSPS) is 18.6. The van der Waals surface area contributed by atoms with Gasteiger partial charge in [0.25, 0.3) is 0 Å². The van der Waals surface area contributed by atoms with Crippen molar-refractivity contribution >= 4 is 28.3 Å². The maximum Gasteiger partial charge on any atom is 0.226 e. The highest BCUT2D eigenvalue weighted by atomic mass is 16.5. The highest BCUT2D eigenvalue weighted by Gasteiger charge is 2.29. The van der Waals surface area contributed by atoms with Crippen LogP contribution in [0.15, 0.2) is 36.5 Å². The standard InChI is InChI=1S/C22H25N7O/c1-13-11-28(20-15(14(13)2)8-6-10-24-20)12-18-25-21-16-7-5-9-17(30-4)19(16)26-22(23-3)29(21)27-18/h5-10,13-14H,11-12H2,1-4H3,(H,23,26). The number of ether oxygens (including phenoxy) is 1. The third-order valence-electron chi connectivity index (χ3n) is 6.05. The first kappa shape index (κ1) is 18.6. The Balaban J connectivity index is 1.61. The molecular formula is C22H25N7O. The van der Waals surface area contributed by atoms with Crippen LogP contribution < -0.4 is 15.0 Å². The third kappa shape index (κ3) is 2.82. The molecule has 2 atom stereocenters. The molecule has 0 spiro atoms. The Hall–Kier alpha value is -3.42. The Morgan fingerprint density at radius 3 is 2.83 bits per heavy atom. The SMILES string of the molecule is CNc1nc2c(OC)cccc2c2nc(CN3CC(C)C(C)c4cccnc43)nn12. The van der Waals surface area contributed by atoms with E-state index in [0.29, 0.717) is 30.1 Å². The van der Waals surface area contributed by atoms with Crippen LogP contribution in [0.25, 0.3) is 16.6 Å². The number of pyridine rings is 1. The van der Waals surface area contributed by atoms with Crippen molar-refractivity contribution < 1.29 is 4.74 Å². The second kappa shape index (κ2) is 7.12. The summed E-state index contributed by atoms with van der Waals surface area (Å²) in [6.45, 7) is 6.08. The van der Waals surface area contributed by atoms with Crippen molar-refractivity contribution in [3.05, 3.63) is 47.9 Å². The molecule has 5 rings (SSSR count). The minimum Gasteiger partial charge on any atom is -0.494 e. The molecule has 154 valence electrons. The molecule has 8 nitrogen and oxygen atoms in total. The van der Waals surface area contributed by atoms with Crippen LogP contribution in [-0.4, -0.2) is 45.3 Å². The fourth-order valence-corrected chi connectivity index (χ4v) is 4.28. The molecule has 0 fully saturated rings. The van der Waals surface area contributed by atoms with E-state index >= 15 is 0 Å². The maximum atomic E-state index is 5.50. The molecule has 0 bridgehead atoms. The summed E-state index contributed by atoms with van der Waals surface area (Å²) in [6, 6.07) is 10.0. The Labute approximate surface area is 174 Å². The predicted octanol–water partition coefficient (Wildman–Crippen LogP) is 3.48. The Morgan fingerprint density at radius 1 is 1.17 bits per heavy atom. The molecule has 30 heavy (non-hydrogen) atoms. The van der Waals surface area contributed by atoms with Gasteiger partial charge in [0.15, 0.2) is 11.5 Å². The Bertz CT molecular complexity index is 1240. The molecular weight excluding hydrogens is 378 g/mol. The van der Waals surface area contributed by atoms with E-state index < -0.39 is 0 Å². The first-order valence-electron chi connectivity index (χ1n) is 10.2. The quantitative estimate of drug-likeness (QED) is 0.559. The highest BCUT2D eigenvalue weighted by Crippen LogP contribution is 2.37. The summed E-state index contributed by atoms with van der Waals surface area (Å²) in [5.41, 5.74) is 2.81. The van der Waals surface area contributed by atoms with Crippen molar-refractivity contribution in [1.29, 1.82) is 0 Å². The summed E-state index contributed by atoms with van der Waals surface area (Å²) in [5.74, 6) is 4.11. The fourth-order valence-electron chi connectivity index (χ4n) is 4.28. The van der Waals surface area contributed by atoms with Crippen LogP contribution in [0.1, 0.15) is 31.2 Å². The molecule has 0 aliphatic carbocycles. The number of fused-ring (bicyclic) bond motifs is 4. The molecule has 1 N–H and O–H groups in total. The first-order chi connectivity index (χ1) is 14.6. The van der Waals surface area contributed by atoms with E-state index in [1.807, 2.05) is 37.5 Å². The fraction of sp³-hybridized carbons (Fsp3) is 0.364. The molecule has 2 unspecified atom stereocenters. The molecule has 4 heterocycles. The van der Waals surface area contributed by atoms with Gasteiger partial charge in [0.1, 0.15) is 17.1 Å². The maximum absolute atomic E-state index is 5.50. The van der Waals surface area contributed by atoms with E-state index in [1.165, 1.54) is 5.56 Å². The average Bonchev–Trinajstić information content (AvgIpc) is 3.20. The van der Waals surface area contributed by atoms with Crippen LogP contribution in [0.2, 0.25) is 0 Å². The van der Waals surface area contributed by atoms with Gasteiger partial charge in [-0.3, -0.25) is 0 Å². The average molecular weight is 403 g/mol. The summed E-state index contributed by atoms with van der Waals surface area (Å²) in [5, 5.41) is 8.81. The highest BCUT2D eigenvalue weighted by molar-refractivity contribution is 5.95. The molecule has 1 aliphatic heterocycles. The van der Waals surface area contributed by atoms with Crippen molar-refractivity contribution in [2.24, 2.45) is 5.92 Å². The number of hydrogen-bond donors (Lipinski definition) is 1. The lowest BCUT2D eigenvalue weighted by atomic mass is 9.85. The molecule has 0 saturated carbocycles. The topological polar surface area (TPSA) is 80.5 Å². The minimum absolute atomic E-state index is 0.482. The summed E-state index contributed by atoms with van der Waals surface area (Å²) < 4.78 is 7.27. The summed E-state index contributed by atoms with van der Waals surface area (Å²) in [7, 11) is 3.48. The van der Waals surface area contributed by atoms with Crippen LogP contribution in [-0.2, 0) is 6.54 Å². The monoisotopic (exact) mass is 403 g/mol. The van der Waals surface area contributed by atoms with Gasteiger partial charge in [0.05, 0.1) is 13.7 Å². The molecule has 1 aromatic carbocycles. The van der Waals surface area contributed by atoms with Gasteiger partial charge in [-0.05, 0) is 35.6 Å². The number of rotatable bonds is 4. The number of benzene rings is 1. The third-order valence-corrected chi connectivity index (χ3v) is 6.05. The summed E-state index contributed by atoms with van der Waals surface area (Å²) in [6.07, 6.45) is 1.86. The van der Waals surface area contributed by atoms with Gasteiger partial charge in [-0.25, -0.2) is 15.0 Å². The van der Waals surface area contributed by atoms with Crippen LogP contribution in [0.4, 0.5) is 11.8 Å². The summed E-state index contributed by atoms with van der Waals surface area (Å²) >= 11 is 0. The van der Waals surface area contributed by atoms with E-state index in [4.69, 9.17) is 19.8 Å². The molecule has 0 radical (unpaired) electrons. The van der Waals surface area contributed by atoms with Gasteiger partial charge in [-0.2, -0.15) is 4.52 Å². The van der Waals surface area contributed by atoms with Crippen molar-refractivity contribution in [3.8, 4) is 5.75 Å². The van der Waals surface area contributed by atoms with Gasteiger partial charge < -0.3 is 15.0 Å². The van der Waals surface area contributed by atoms with Crippen LogP contribution in [0.3, 0.4) is 0 Å². The van der Waals surface area contributed by atoms with Crippen LogP contribution >= 0.6 is 0 Å². The van der Waals surface area contributed by atoms with E-state index in [1.54, 1.807) is 11.6 Å². The zero-order chi connectivity index (χ0) is 20.8. The zero-order valence-electron chi connectivity index (χ0n) is 17.6. The number of nitrogens with zero attached hydrogens (tertiary/aromatic N) is 6. The number of para-hydroxylation sites is 1. The lowest BCUT2D eigenvalue weighted by Crippen LogP contribution is -2.36. The van der Waals surface area contributed by atoms with Gasteiger partial charge in [0, 0.05) is 25.2 Å². The van der Waals surface area contributed by atoms with Gasteiger partial charge in [-0.1, -0.05) is 26.0 Å². The van der Waals surface area contributed by atoms with E-state index in [0.717, 1.165) is 34.7 Å². The van der Waals surface area contributed by atoms with Gasteiger partial charge in [0.2, 0.25) is 5.95 Å². The Morgan fingerprint density at radius 2 is 2.03 bits per heavy atom. The smallest absolute Gasteiger partial charge is 0.226 e. The van der Waals surface area contributed by atoms with Crippen molar-refractivity contribution in [1.82, 2.24) is 24.6 Å². The minimum atomic E-state index is 0.482. The number of hydrogen-bond acceptors (Lipinski definition) is 7. The van der Waals surface area contributed by atoms with Crippen LogP contribution in [0, 0.1) is 5.92 Å². The first-order valence-corrected chi connectivity index (χ1v) is 10.2. The lowest BCUT2D eigenvalue weighted by Gasteiger charge is -2.36. The molecule has 0 saturated heterocycles. The van der Waals surface area contributed by atoms with E-state index in [2.05, 4.69) is 35.1 Å². The summed E-state index contributed by atoms with van der Waals surface area (Å²) in [4.78, 5) is 16.5. The number of nitrogens with one attached hydrogen (secondary N) is 1. The molecule has 8 heteroatoms. The largest absolute Gasteiger partial charge is 0.494 e. The number of anilines is 2. The number of methoxy groups -OCH3 is 1. The second-order valence-electron chi connectivity index (χ2n) is 7.87. The van der Waals surface area contributed by atoms with E-state index in [-0.39, 0.29) is 0 Å². The zero-order valence-corrected chi connectivity index (χ0v) is 17.6. The Kier molecular flexibility index (Phi) is 4.42. The van der Waals surface area contributed by atoms with Crippen molar-refractivity contribution in [2.75, 3.05) is 30.9 Å². The van der Waals surface area contributed by atoms with Gasteiger partial charge in [-0.15, -0.1) is 5.10 Å². The lowest BCUT2D eigenvalue weighted by molar-refractivity contribution is 0.419.